The Bertz CT molecular complexity index is 2050. The van der Waals surface area contributed by atoms with Gasteiger partial charge in [0, 0.05) is 69.2 Å². The third kappa shape index (κ3) is 7.89. The zero-order valence-corrected chi connectivity index (χ0v) is 31.8. The van der Waals surface area contributed by atoms with Crippen molar-refractivity contribution in [1.82, 2.24) is 15.1 Å². The number of hydrogen-bond acceptors (Lipinski definition) is 7. The topological polar surface area (TPSA) is 96.4 Å². The summed E-state index contributed by atoms with van der Waals surface area (Å²) in [5, 5.41) is 12.4. The van der Waals surface area contributed by atoms with Gasteiger partial charge in [-0.3, -0.25) is 24.6 Å². The number of piperidine rings is 2. The SMILES string of the molecule is CCC(=C(c1ccc(O)cc1)c1ccc(N2CCC(CCN3CCN(c4ccc5c(c4)CN(C4CCC(=O)NC4=O)C5=O)CC3)CC2)cc1)c1ccccc1. The molecule has 1 atom stereocenters. The molecule has 2 N–H and O–H groups in total. The lowest BCUT2D eigenvalue weighted by Gasteiger charge is -2.38. The van der Waals surface area contributed by atoms with Gasteiger partial charge in [0.2, 0.25) is 11.8 Å². The zero-order chi connectivity index (χ0) is 37.9. The first-order chi connectivity index (χ1) is 26.8. The number of aromatic hydroxyl groups is 1. The van der Waals surface area contributed by atoms with Gasteiger partial charge in [0.1, 0.15) is 11.8 Å². The molecular formula is C46H51N5O4. The van der Waals surface area contributed by atoms with Gasteiger partial charge in [-0.25, -0.2) is 0 Å². The quantitative estimate of drug-likeness (QED) is 0.134. The molecule has 1 unspecified atom stereocenters. The number of nitrogens with zero attached hydrogens (tertiary/aromatic N) is 4. The molecule has 0 aromatic heterocycles. The normalized spacial score (nSPS) is 20.1. The molecule has 4 aromatic carbocycles. The highest BCUT2D eigenvalue weighted by Crippen LogP contribution is 2.37. The van der Waals surface area contributed by atoms with Gasteiger partial charge in [-0.05, 0) is 120 Å². The molecule has 55 heavy (non-hydrogen) atoms. The number of rotatable bonds is 10. The molecule has 9 nitrogen and oxygen atoms in total. The second-order valence-electron chi connectivity index (χ2n) is 15.5. The Labute approximate surface area is 324 Å². The van der Waals surface area contributed by atoms with Crippen LogP contribution < -0.4 is 15.1 Å². The van der Waals surface area contributed by atoms with Gasteiger partial charge in [0.25, 0.3) is 5.91 Å². The zero-order valence-electron chi connectivity index (χ0n) is 31.8. The van der Waals surface area contributed by atoms with Gasteiger partial charge in [0.15, 0.2) is 0 Å². The van der Waals surface area contributed by atoms with Crippen LogP contribution in [0, 0.1) is 5.92 Å². The highest BCUT2D eigenvalue weighted by Gasteiger charge is 2.39. The lowest BCUT2D eigenvalue weighted by atomic mass is 9.88. The van der Waals surface area contributed by atoms with E-state index < -0.39 is 6.04 Å². The van der Waals surface area contributed by atoms with E-state index in [9.17, 15) is 19.5 Å². The van der Waals surface area contributed by atoms with Crippen LogP contribution in [0.1, 0.15) is 78.1 Å². The van der Waals surface area contributed by atoms with Crippen LogP contribution in [-0.4, -0.2) is 84.5 Å². The lowest BCUT2D eigenvalue weighted by molar-refractivity contribution is -0.136. The molecule has 4 heterocycles. The van der Waals surface area contributed by atoms with E-state index in [1.165, 1.54) is 47.2 Å². The molecule has 0 saturated carbocycles. The van der Waals surface area contributed by atoms with Crippen molar-refractivity contribution in [3.05, 3.63) is 125 Å². The molecule has 284 valence electrons. The number of nitrogens with one attached hydrogen (secondary N) is 1. The Morgan fingerprint density at radius 2 is 1.38 bits per heavy atom. The second kappa shape index (κ2) is 16.1. The summed E-state index contributed by atoms with van der Waals surface area (Å²) in [5.74, 6) is 0.248. The van der Waals surface area contributed by atoms with E-state index in [1.807, 2.05) is 24.3 Å². The number of carbonyl (C=O) groups excluding carboxylic acids is 3. The summed E-state index contributed by atoms with van der Waals surface area (Å²) >= 11 is 0. The number of carbonyl (C=O) groups is 3. The van der Waals surface area contributed by atoms with Crippen molar-refractivity contribution in [2.45, 2.75) is 58.0 Å². The Hall–Kier alpha value is -5.41. The van der Waals surface area contributed by atoms with Crippen molar-refractivity contribution in [2.75, 3.05) is 55.6 Å². The third-order valence-electron chi connectivity index (χ3n) is 12.2. The molecular weight excluding hydrogens is 687 g/mol. The Balaban J connectivity index is 0.824. The van der Waals surface area contributed by atoms with Crippen LogP contribution in [0.4, 0.5) is 11.4 Å². The molecule has 4 aromatic rings. The van der Waals surface area contributed by atoms with Crippen LogP contribution in [0.5, 0.6) is 5.75 Å². The molecule has 4 aliphatic rings. The van der Waals surface area contributed by atoms with E-state index in [0.29, 0.717) is 18.5 Å². The molecule has 9 heteroatoms. The second-order valence-corrected chi connectivity index (χ2v) is 15.5. The molecule has 8 rings (SSSR count). The van der Waals surface area contributed by atoms with E-state index in [0.717, 1.165) is 75.0 Å². The Morgan fingerprint density at radius 3 is 2.05 bits per heavy atom. The summed E-state index contributed by atoms with van der Waals surface area (Å²) in [4.78, 5) is 46.4. The molecule has 0 spiro atoms. The summed E-state index contributed by atoms with van der Waals surface area (Å²) < 4.78 is 0. The van der Waals surface area contributed by atoms with Gasteiger partial charge in [0.05, 0.1) is 0 Å². The van der Waals surface area contributed by atoms with E-state index in [2.05, 4.69) is 87.6 Å². The molecule has 3 saturated heterocycles. The third-order valence-corrected chi connectivity index (χ3v) is 12.2. The Kier molecular flexibility index (Phi) is 10.7. The summed E-state index contributed by atoms with van der Waals surface area (Å²) in [6, 6.07) is 32.8. The standard InChI is InChI=1S/C46H51N5O4/c1-2-40(33-6-4-3-5-7-33)44(35-10-15-39(52)16-11-35)34-8-12-37(13-9-34)49-24-21-32(22-25-49)20-23-48-26-28-50(29-27-48)38-14-17-41-36(30-38)31-51(46(41)55)42-18-19-43(53)47-45(42)54/h3-17,30,32,42,52H,2,18-29,31H2,1H3,(H,47,53,54). The number of phenolic OH excluding ortho intramolecular Hbond substituents is 1. The number of phenols is 1. The predicted molar refractivity (Wildman–Crippen MR) is 218 cm³/mol. The highest BCUT2D eigenvalue weighted by atomic mass is 16.3. The number of hydrogen-bond donors (Lipinski definition) is 2. The van der Waals surface area contributed by atoms with E-state index in [-0.39, 0.29) is 29.9 Å². The fourth-order valence-electron chi connectivity index (χ4n) is 8.98. The number of imide groups is 1. The van der Waals surface area contributed by atoms with Crippen LogP contribution in [0.25, 0.3) is 11.1 Å². The van der Waals surface area contributed by atoms with Gasteiger partial charge in [-0.2, -0.15) is 0 Å². The minimum Gasteiger partial charge on any atom is -0.508 e. The Morgan fingerprint density at radius 1 is 0.727 bits per heavy atom. The van der Waals surface area contributed by atoms with Crippen molar-refractivity contribution < 1.29 is 19.5 Å². The lowest BCUT2D eigenvalue weighted by Crippen LogP contribution is -2.52. The van der Waals surface area contributed by atoms with Crippen LogP contribution in [0.3, 0.4) is 0 Å². The van der Waals surface area contributed by atoms with E-state index in [1.54, 1.807) is 17.0 Å². The fraction of sp³-hybridized carbons (Fsp3) is 0.370. The highest BCUT2D eigenvalue weighted by molar-refractivity contribution is 6.05. The maximum Gasteiger partial charge on any atom is 0.255 e. The summed E-state index contributed by atoms with van der Waals surface area (Å²) in [7, 11) is 0. The maximum absolute atomic E-state index is 13.1. The van der Waals surface area contributed by atoms with Gasteiger partial charge >= 0.3 is 0 Å². The van der Waals surface area contributed by atoms with Crippen LogP contribution >= 0.6 is 0 Å². The van der Waals surface area contributed by atoms with Crippen molar-refractivity contribution in [3.63, 3.8) is 0 Å². The van der Waals surface area contributed by atoms with Crippen molar-refractivity contribution in [3.8, 4) is 5.75 Å². The fourth-order valence-corrected chi connectivity index (χ4v) is 8.98. The number of piperazine rings is 1. The number of anilines is 2. The molecule has 4 aliphatic heterocycles. The number of amides is 3. The summed E-state index contributed by atoms with van der Waals surface area (Å²) in [6.45, 7) is 9.84. The first-order valence-corrected chi connectivity index (χ1v) is 20.0. The van der Waals surface area contributed by atoms with E-state index in [4.69, 9.17) is 0 Å². The van der Waals surface area contributed by atoms with Gasteiger partial charge in [-0.1, -0.05) is 61.5 Å². The number of fused-ring (bicyclic) bond motifs is 1. The molecule has 0 radical (unpaired) electrons. The maximum atomic E-state index is 13.1. The average Bonchev–Trinajstić information content (AvgIpc) is 3.55. The van der Waals surface area contributed by atoms with Crippen LogP contribution in [0.2, 0.25) is 0 Å². The van der Waals surface area contributed by atoms with Crippen molar-refractivity contribution in [2.24, 2.45) is 5.92 Å². The smallest absolute Gasteiger partial charge is 0.255 e. The molecule has 0 bridgehead atoms. The minimum absolute atomic E-state index is 0.123. The molecule has 3 amide bonds. The number of allylic oxidation sites excluding steroid dienone is 1. The average molecular weight is 738 g/mol. The summed E-state index contributed by atoms with van der Waals surface area (Å²) in [5.41, 5.74) is 10.1. The minimum atomic E-state index is -0.586. The van der Waals surface area contributed by atoms with Crippen molar-refractivity contribution in [1.29, 1.82) is 0 Å². The number of benzene rings is 4. The van der Waals surface area contributed by atoms with Gasteiger partial charge < -0.3 is 19.8 Å². The first kappa shape index (κ1) is 36.6. The van der Waals surface area contributed by atoms with Crippen molar-refractivity contribution >= 4 is 40.2 Å². The van der Waals surface area contributed by atoms with E-state index >= 15 is 0 Å². The molecule has 0 aliphatic carbocycles. The largest absolute Gasteiger partial charge is 0.508 e. The monoisotopic (exact) mass is 737 g/mol. The molecule has 3 fully saturated rings. The summed E-state index contributed by atoms with van der Waals surface area (Å²) in [6.07, 6.45) is 5.18. The predicted octanol–water partition coefficient (Wildman–Crippen LogP) is 6.95. The van der Waals surface area contributed by atoms with Gasteiger partial charge in [-0.15, -0.1) is 0 Å². The van der Waals surface area contributed by atoms with Crippen LogP contribution in [-0.2, 0) is 16.1 Å². The first-order valence-electron chi connectivity index (χ1n) is 20.0. The van der Waals surface area contributed by atoms with Crippen LogP contribution in [0.15, 0.2) is 97.1 Å².